The van der Waals surface area contributed by atoms with E-state index in [0.717, 1.165) is 39.2 Å². The Bertz CT molecular complexity index is 1360. The van der Waals surface area contributed by atoms with Crippen molar-refractivity contribution in [3.8, 4) is 0 Å². The Morgan fingerprint density at radius 3 is 2.39 bits per heavy atom. The van der Waals surface area contributed by atoms with Gasteiger partial charge in [0.05, 0.1) is 28.1 Å². The minimum atomic E-state index is -0.248. The van der Waals surface area contributed by atoms with Crippen LogP contribution in [0.15, 0.2) is 59.7 Å². The van der Waals surface area contributed by atoms with Crippen molar-refractivity contribution in [3.05, 3.63) is 81.5 Å². The average Bonchev–Trinajstić information content (AvgIpc) is 3.54. The van der Waals surface area contributed by atoms with E-state index in [0.29, 0.717) is 16.6 Å². The van der Waals surface area contributed by atoms with Crippen LogP contribution in [-0.4, -0.2) is 27.6 Å². The fourth-order valence-electron chi connectivity index (χ4n) is 5.76. The molecule has 2 aliphatic carbocycles. The van der Waals surface area contributed by atoms with E-state index in [4.69, 9.17) is 23.2 Å². The van der Waals surface area contributed by atoms with Crippen molar-refractivity contribution in [1.82, 2.24) is 9.58 Å². The highest BCUT2D eigenvalue weighted by Crippen LogP contribution is 2.52. The summed E-state index contributed by atoms with van der Waals surface area (Å²) in [5, 5.41) is 7.58. The molecular weight excluding hydrogens is 457 g/mol. The quantitative estimate of drug-likeness (QED) is 0.285. The molecule has 0 spiro atoms. The molecule has 2 amide bonds. The van der Waals surface area contributed by atoms with Crippen molar-refractivity contribution in [2.24, 2.45) is 28.8 Å². The van der Waals surface area contributed by atoms with Crippen molar-refractivity contribution in [3.63, 3.8) is 0 Å². The van der Waals surface area contributed by atoms with Gasteiger partial charge in [-0.25, -0.2) is 0 Å². The van der Waals surface area contributed by atoms with Crippen LogP contribution in [0.3, 0.4) is 0 Å². The first-order chi connectivity index (χ1) is 15.9. The Morgan fingerprint density at radius 1 is 1.00 bits per heavy atom. The number of halogens is 2. The number of imide groups is 1. The molecule has 2 heterocycles. The first-order valence-electron chi connectivity index (χ1n) is 11.1. The molecule has 2 aromatic carbocycles. The molecule has 3 aromatic rings. The number of para-hydroxylation sites is 1. The number of allylic oxidation sites excluding steroid dienone is 2. The van der Waals surface area contributed by atoms with E-state index in [1.807, 2.05) is 37.3 Å². The summed E-state index contributed by atoms with van der Waals surface area (Å²) < 4.78 is 2.18. The summed E-state index contributed by atoms with van der Waals surface area (Å²) in [4.78, 5) is 26.0. The molecular formula is C26H21Cl2N3O2. The predicted octanol–water partition coefficient (Wildman–Crippen LogP) is 5.45. The van der Waals surface area contributed by atoms with Crippen molar-refractivity contribution in [2.45, 2.75) is 19.9 Å². The Morgan fingerprint density at radius 2 is 1.70 bits per heavy atom. The van der Waals surface area contributed by atoms with Crippen LogP contribution in [0.5, 0.6) is 0 Å². The van der Waals surface area contributed by atoms with Crippen molar-refractivity contribution in [1.29, 1.82) is 0 Å². The second kappa shape index (κ2) is 7.57. The van der Waals surface area contributed by atoms with Gasteiger partial charge in [-0.2, -0.15) is 10.1 Å². The maximum Gasteiger partial charge on any atom is 0.254 e. The summed E-state index contributed by atoms with van der Waals surface area (Å²) >= 11 is 12.3. The van der Waals surface area contributed by atoms with Crippen LogP contribution in [0.1, 0.15) is 23.2 Å². The number of carbonyl (C=O) groups excluding carboxylic acids is 2. The molecule has 5 nitrogen and oxygen atoms in total. The zero-order valence-corrected chi connectivity index (χ0v) is 19.4. The van der Waals surface area contributed by atoms with Crippen LogP contribution in [0.2, 0.25) is 10.0 Å². The van der Waals surface area contributed by atoms with Gasteiger partial charge in [0.1, 0.15) is 0 Å². The molecule has 7 heteroatoms. The van der Waals surface area contributed by atoms with Gasteiger partial charge in [-0.15, -0.1) is 0 Å². The average molecular weight is 478 g/mol. The third kappa shape index (κ3) is 3.10. The van der Waals surface area contributed by atoms with E-state index >= 15 is 0 Å². The number of benzene rings is 2. The maximum atomic E-state index is 13.0. The van der Waals surface area contributed by atoms with Crippen LogP contribution in [0, 0.1) is 30.6 Å². The maximum absolute atomic E-state index is 13.0. The second-order valence-corrected chi connectivity index (χ2v) is 9.90. The number of rotatable bonds is 4. The molecule has 2 fully saturated rings. The minimum Gasteiger partial charge on any atom is -0.340 e. The van der Waals surface area contributed by atoms with E-state index in [-0.39, 0.29) is 35.5 Å². The van der Waals surface area contributed by atoms with Crippen molar-refractivity contribution in [2.75, 3.05) is 0 Å². The predicted molar refractivity (Wildman–Crippen MR) is 129 cm³/mol. The van der Waals surface area contributed by atoms with E-state index in [1.54, 1.807) is 12.3 Å². The highest BCUT2D eigenvalue weighted by atomic mass is 35.5. The second-order valence-electron chi connectivity index (χ2n) is 9.08. The Balaban J connectivity index is 1.36. The van der Waals surface area contributed by atoms with Gasteiger partial charge in [0.15, 0.2) is 0 Å². The normalized spacial score (nSPS) is 25.8. The zero-order chi connectivity index (χ0) is 22.9. The molecule has 6 rings (SSSR count). The smallest absolute Gasteiger partial charge is 0.254 e. The molecule has 33 heavy (non-hydrogen) atoms. The Kier molecular flexibility index (Phi) is 4.75. The Hall–Kier alpha value is -2.89. The SMILES string of the molecule is Cc1c(C=NN2C(=O)C3C4C=CC(C4)C3C2=O)c2ccccc2n1Cc1ccc(Cl)c(Cl)c1. The fraction of sp³-hybridized carbons (Fsp3) is 0.269. The summed E-state index contributed by atoms with van der Waals surface area (Å²) in [5.41, 5.74) is 3.95. The summed E-state index contributed by atoms with van der Waals surface area (Å²) in [6, 6.07) is 13.7. The van der Waals surface area contributed by atoms with Gasteiger partial charge in [0.25, 0.3) is 11.8 Å². The fourth-order valence-corrected chi connectivity index (χ4v) is 6.08. The molecule has 0 N–H and O–H groups in total. The van der Waals surface area contributed by atoms with Gasteiger partial charge in [-0.05, 0) is 48.9 Å². The van der Waals surface area contributed by atoms with Gasteiger partial charge < -0.3 is 4.57 Å². The van der Waals surface area contributed by atoms with Gasteiger partial charge in [0, 0.05) is 28.7 Å². The molecule has 1 saturated heterocycles. The summed E-state index contributed by atoms with van der Waals surface area (Å²) in [6.45, 7) is 2.63. The summed E-state index contributed by atoms with van der Waals surface area (Å²) in [5.74, 6) is -0.493. The summed E-state index contributed by atoms with van der Waals surface area (Å²) in [7, 11) is 0. The lowest BCUT2D eigenvalue weighted by Crippen LogP contribution is -2.28. The molecule has 4 atom stereocenters. The van der Waals surface area contributed by atoms with Crippen LogP contribution >= 0.6 is 23.2 Å². The van der Waals surface area contributed by atoms with Crippen LogP contribution in [0.4, 0.5) is 0 Å². The number of nitrogens with zero attached hydrogens (tertiary/aromatic N) is 3. The van der Waals surface area contributed by atoms with Crippen LogP contribution < -0.4 is 0 Å². The standard InChI is InChI=1S/C26H21Cl2N3O2/c1-14-19(12-29-31-25(32)23-16-7-8-17(11-16)24(23)26(31)33)18-4-2-3-5-22(18)30(14)13-15-6-9-20(27)21(28)10-15/h2-10,12,16-17,23-24H,11,13H2,1H3. The van der Waals surface area contributed by atoms with E-state index in [2.05, 4.69) is 27.9 Å². The minimum absolute atomic E-state index is 0.171. The lowest BCUT2D eigenvalue weighted by atomic mass is 9.85. The molecule has 166 valence electrons. The first-order valence-corrected chi connectivity index (χ1v) is 11.8. The number of aromatic nitrogens is 1. The number of carbonyl (C=O) groups is 2. The lowest BCUT2D eigenvalue weighted by molar-refractivity contribution is -0.140. The molecule has 2 bridgehead atoms. The number of fused-ring (bicyclic) bond motifs is 6. The third-order valence-electron chi connectivity index (χ3n) is 7.35. The molecule has 1 aromatic heterocycles. The number of hydrazone groups is 1. The van der Waals surface area contributed by atoms with E-state index < -0.39 is 0 Å². The van der Waals surface area contributed by atoms with Gasteiger partial charge >= 0.3 is 0 Å². The number of hydrogen-bond acceptors (Lipinski definition) is 3. The van der Waals surface area contributed by atoms with E-state index in [1.165, 1.54) is 0 Å². The third-order valence-corrected chi connectivity index (χ3v) is 8.09. The topological polar surface area (TPSA) is 54.7 Å². The largest absolute Gasteiger partial charge is 0.340 e. The van der Waals surface area contributed by atoms with Crippen LogP contribution in [0.25, 0.3) is 10.9 Å². The highest BCUT2D eigenvalue weighted by molar-refractivity contribution is 6.42. The number of amides is 2. The molecule has 0 radical (unpaired) electrons. The van der Waals surface area contributed by atoms with Crippen molar-refractivity contribution >= 4 is 52.1 Å². The highest BCUT2D eigenvalue weighted by Gasteiger charge is 2.59. The lowest BCUT2D eigenvalue weighted by Gasteiger charge is -2.13. The molecule has 1 saturated carbocycles. The van der Waals surface area contributed by atoms with Gasteiger partial charge in [-0.3, -0.25) is 9.59 Å². The Labute approximate surface area is 201 Å². The van der Waals surface area contributed by atoms with Gasteiger partial charge in [-0.1, -0.05) is 59.6 Å². The van der Waals surface area contributed by atoms with Crippen LogP contribution in [-0.2, 0) is 16.1 Å². The molecule has 1 aliphatic heterocycles. The summed E-state index contributed by atoms with van der Waals surface area (Å²) in [6.07, 6.45) is 6.75. The molecule has 3 aliphatic rings. The van der Waals surface area contributed by atoms with E-state index in [9.17, 15) is 9.59 Å². The van der Waals surface area contributed by atoms with Crippen molar-refractivity contribution < 1.29 is 9.59 Å². The monoisotopic (exact) mass is 477 g/mol. The first kappa shape index (κ1) is 20.7. The zero-order valence-electron chi connectivity index (χ0n) is 17.9. The van der Waals surface area contributed by atoms with Gasteiger partial charge in [0.2, 0.25) is 0 Å². The molecule has 4 unspecified atom stereocenters. The number of hydrogen-bond donors (Lipinski definition) is 0.